The molecule has 4 rings (SSSR count). The molecule has 162 valence electrons. The van der Waals surface area contributed by atoms with E-state index in [9.17, 15) is 22.9 Å². The van der Waals surface area contributed by atoms with Crippen LogP contribution in [0, 0.1) is 17.1 Å². The van der Waals surface area contributed by atoms with Gasteiger partial charge in [-0.3, -0.25) is 4.72 Å². The number of hydrogen-bond donors (Lipinski definition) is 1. The molecule has 1 aliphatic carbocycles. The maximum absolute atomic E-state index is 13.8. The first-order valence-corrected chi connectivity index (χ1v) is 11.4. The van der Waals surface area contributed by atoms with Gasteiger partial charge in [-0.05, 0) is 66.3 Å². The number of nitrogens with zero attached hydrogens (tertiary/aromatic N) is 1. The lowest BCUT2D eigenvalue weighted by atomic mass is 10.0. The first-order valence-electron chi connectivity index (χ1n) is 9.87. The number of methoxy groups -OCH3 is 1. The van der Waals surface area contributed by atoms with Gasteiger partial charge in [0.25, 0.3) is 10.0 Å². The highest BCUT2D eigenvalue weighted by molar-refractivity contribution is 7.92. The first-order chi connectivity index (χ1) is 15.3. The molecule has 6 nitrogen and oxygen atoms in total. The molecule has 0 unspecified atom stereocenters. The van der Waals surface area contributed by atoms with Gasteiger partial charge in [-0.15, -0.1) is 0 Å². The Hall–Kier alpha value is -3.70. The van der Waals surface area contributed by atoms with Crippen LogP contribution in [0.5, 0.6) is 0 Å². The summed E-state index contributed by atoms with van der Waals surface area (Å²) in [6.07, 6.45) is 1.72. The van der Waals surface area contributed by atoms with E-state index in [1.807, 2.05) is 6.07 Å². The number of sulfonamides is 1. The minimum atomic E-state index is -4.14. The second-order valence-electron chi connectivity index (χ2n) is 7.51. The van der Waals surface area contributed by atoms with Gasteiger partial charge in [0.1, 0.15) is 5.82 Å². The molecule has 1 fully saturated rings. The summed E-state index contributed by atoms with van der Waals surface area (Å²) in [7, 11) is -2.92. The summed E-state index contributed by atoms with van der Waals surface area (Å²) in [5, 5.41) is 9.29. The van der Waals surface area contributed by atoms with Crippen LogP contribution in [0.2, 0.25) is 0 Å². The van der Waals surface area contributed by atoms with Crippen LogP contribution in [0.4, 0.5) is 10.1 Å². The zero-order valence-corrected chi connectivity index (χ0v) is 17.9. The van der Waals surface area contributed by atoms with Crippen LogP contribution in [0.3, 0.4) is 0 Å². The smallest absolute Gasteiger partial charge is 0.337 e. The summed E-state index contributed by atoms with van der Waals surface area (Å²) in [5.74, 6) is -1.01. The van der Waals surface area contributed by atoms with E-state index in [0.29, 0.717) is 16.7 Å². The molecule has 3 aromatic carbocycles. The van der Waals surface area contributed by atoms with Crippen LogP contribution in [-0.4, -0.2) is 21.5 Å². The summed E-state index contributed by atoms with van der Waals surface area (Å²) < 4.78 is 48.0. The summed E-state index contributed by atoms with van der Waals surface area (Å²) in [5.41, 5.74) is 2.00. The Bertz CT molecular complexity index is 1360. The monoisotopic (exact) mass is 450 g/mol. The van der Waals surface area contributed by atoms with Crippen molar-refractivity contribution < 1.29 is 22.3 Å². The normalized spacial score (nSPS) is 13.3. The van der Waals surface area contributed by atoms with Crippen molar-refractivity contribution in [3.05, 3.63) is 83.2 Å². The lowest BCUT2D eigenvalue weighted by Gasteiger charge is -2.16. The summed E-state index contributed by atoms with van der Waals surface area (Å²) >= 11 is 0. The number of carbonyl (C=O) groups excluding carboxylic acids is 1. The van der Waals surface area contributed by atoms with Gasteiger partial charge in [0.15, 0.2) is 0 Å². The fourth-order valence-electron chi connectivity index (χ4n) is 3.55. The lowest BCUT2D eigenvalue weighted by molar-refractivity contribution is 0.0600. The molecule has 1 saturated carbocycles. The van der Waals surface area contributed by atoms with Crippen molar-refractivity contribution in [2.45, 2.75) is 23.7 Å². The SMILES string of the molecule is COC(=O)c1ccc(C2CC2)c(S(=O)(=O)Nc2cc(C#N)ccc2-c2cccc(F)c2)c1. The van der Waals surface area contributed by atoms with Crippen LogP contribution in [0.25, 0.3) is 11.1 Å². The number of hydrogen-bond acceptors (Lipinski definition) is 5. The number of rotatable bonds is 6. The van der Waals surface area contributed by atoms with Gasteiger partial charge in [-0.25, -0.2) is 17.6 Å². The molecule has 0 aromatic heterocycles. The maximum atomic E-state index is 13.8. The van der Waals surface area contributed by atoms with E-state index in [4.69, 9.17) is 4.74 Å². The number of anilines is 1. The molecule has 0 radical (unpaired) electrons. The zero-order valence-electron chi connectivity index (χ0n) is 17.1. The molecule has 0 aliphatic heterocycles. The number of nitrogens with one attached hydrogen (secondary N) is 1. The highest BCUT2D eigenvalue weighted by Crippen LogP contribution is 2.43. The van der Waals surface area contributed by atoms with Crippen molar-refractivity contribution in [1.82, 2.24) is 0 Å². The van der Waals surface area contributed by atoms with Crippen molar-refractivity contribution in [2.75, 3.05) is 11.8 Å². The van der Waals surface area contributed by atoms with E-state index in [1.54, 1.807) is 24.3 Å². The maximum Gasteiger partial charge on any atom is 0.337 e. The highest BCUT2D eigenvalue weighted by Gasteiger charge is 2.31. The van der Waals surface area contributed by atoms with Gasteiger partial charge in [-0.2, -0.15) is 5.26 Å². The van der Waals surface area contributed by atoms with E-state index in [0.717, 1.165) is 12.8 Å². The molecular weight excluding hydrogens is 431 g/mol. The number of esters is 1. The average molecular weight is 450 g/mol. The molecule has 1 N–H and O–H groups in total. The number of ether oxygens (including phenoxy) is 1. The van der Waals surface area contributed by atoms with Crippen molar-refractivity contribution in [1.29, 1.82) is 5.26 Å². The quantitative estimate of drug-likeness (QED) is 0.543. The molecular formula is C24H19FN2O4S. The van der Waals surface area contributed by atoms with Crippen LogP contribution < -0.4 is 4.72 Å². The molecule has 3 aromatic rings. The Balaban J connectivity index is 1.82. The third kappa shape index (κ3) is 4.34. The largest absolute Gasteiger partial charge is 0.465 e. The number of nitriles is 1. The van der Waals surface area contributed by atoms with E-state index in [2.05, 4.69) is 4.72 Å². The average Bonchev–Trinajstić information content (AvgIpc) is 3.63. The zero-order chi connectivity index (χ0) is 22.9. The van der Waals surface area contributed by atoms with Crippen LogP contribution in [0.15, 0.2) is 65.6 Å². The van der Waals surface area contributed by atoms with Crippen LogP contribution in [-0.2, 0) is 14.8 Å². The standard InChI is InChI=1S/C24H19FN2O4S/c1-31-24(28)18-8-10-21(16-6-7-16)23(13-18)32(29,30)27-22-11-15(14-26)5-9-20(22)17-3-2-4-19(25)12-17/h2-5,8-13,16,27H,6-7H2,1H3. The molecule has 8 heteroatoms. The Morgan fingerprint density at radius 1 is 1.12 bits per heavy atom. The molecule has 0 heterocycles. The van der Waals surface area contributed by atoms with Gasteiger partial charge in [-0.1, -0.05) is 24.3 Å². The molecule has 0 amide bonds. The number of benzene rings is 3. The third-order valence-electron chi connectivity index (χ3n) is 5.27. The second kappa shape index (κ2) is 8.44. The Kier molecular flexibility index (Phi) is 5.68. The van der Waals surface area contributed by atoms with Crippen molar-refractivity contribution in [3.8, 4) is 17.2 Å². The van der Waals surface area contributed by atoms with Gasteiger partial charge in [0.2, 0.25) is 0 Å². The highest BCUT2D eigenvalue weighted by atomic mass is 32.2. The predicted octanol–water partition coefficient (Wildman–Crippen LogP) is 4.83. The van der Waals surface area contributed by atoms with Crippen molar-refractivity contribution >= 4 is 21.7 Å². The molecule has 1 aliphatic rings. The van der Waals surface area contributed by atoms with E-state index >= 15 is 0 Å². The third-order valence-corrected chi connectivity index (χ3v) is 6.69. The summed E-state index contributed by atoms with van der Waals surface area (Å²) in [6.45, 7) is 0. The minimum absolute atomic E-state index is 0.0181. The van der Waals surface area contributed by atoms with E-state index in [-0.39, 0.29) is 27.6 Å². The minimum Gasteiger partial charge on any atom is -0.465 e. The molecule has 0 saturated heterocycles. The van der Waals surface area contributed by atoms with E-state index < -0.39 is 21.8 Å². The molecule has 0 spiro atoms. The van der Waals surface area contributed by atoms with Gasteiger partial charge in [0.05, 0.1) is 34.9 Å². The summed E-state index contributed by atoms with van der Waals surface area (Å²) in [4.78, 5) is 12.0. The van der Waals surface area contributed by atoms with Gasteiger partial charge in [0, 0.05) is 5.56 Å². The predicted molar refractivity (Wildman–Crippen MR) is 117 cm³/mol. The fraction of sp³-hybridized carbons (Fsp3) is 0.167. The summed E-state index contributed by atoms with van der Waals surface area (Å²) in [6, 6.07) is 16.7. The van der Waals surface area contributed by atoms with Crippen LogP contribution in [0.1, 0.15) is 40.2 Å². The Morgan fingerprint density at radius 2 is 1.91 bits per heavy atom. The topological polar surface area (TPSA) is 96.3 Å². The Morgan fingerprint density at radius 3 is 2.56 bits per heavy atom. The second-order valence-corrected chi connectivity index (χ2v) is 9.16. The van der Waals surface area contributed by atoms with Crippen LogP contribution >= 0.6 is 0 Å². The molecule has 0 atom stereocenters. The molecule has 0 bridgehead atoms. The van der Waals surface area contributed by atoms with Gasteiger partial charge < -0.3 is 4.74 Å². The molecule has 32 heavy (non-hydrogen) atoms. The van der Waals surface area contributed by atoms with Crippen molar-refractivity contribution in [2.24, 2.45) is 0 Å². The number of halogens is 1. The van der Waals surface area contributed by atoms with E-state index in [1.165, 1.54) is 43.5 Å². The fourth-order valence-corrected chi connectivity index (χ4v) is 4.94. The van der Waals surface area contributed by atoms with Crippen molar-refractivity contribution in [3.63, 3.8) is 0 Å². The lowest BCUT2D eigenvalue weighted by Crippen LogP contribution is -2.17. The van der Waals surface area contributed by atoms with Gasteiger partial charge >= 0.3 is 5.97 Å². The number of carbonyl (C=O) groups is 1. The Labute approximate surface area is 185 Å². The first kappa shape index (κ1) is 21.5.